The Hall–Kier alpha value is -0.410. The zero-order chi connectivity index (χ0) is 10.3. The van der Waals surface area contributed by atoms with E-state index in [0.717, 1.165) is 6.42 Å². The van der Waals surface area contributed by atoms with Gasteiger partial charge in [0, 0.05) is 12.8 Å². The average molecular weight is 198 g/mol. The molecule has 0 aromatic rings. The van der Waals surface area contributed by atoms with E-state index in [2.05, 4.69) is 0 Å². The first-order chi connectivity index (χ1) is 6.57. The van der Waals surface area contributed by atoms with Gasteiger partial charge in [-0.05, 0) is 24.7 Å². The minimum absolute atomic E-state index is 0.0269. The lowest BCUT2D eigenvalue weighted by atomic mass is 9.90. The molecule has 2 fully saturated rings. The van der Waals surface area contributed by atoms with Crippen LogP contribution in [-0.4, -0.2) is 27.7 Å². The third-order valence-electron chi connectivity index (χ3n) is 3.81. The molecule has 0 aliphatic heterocycles. The highest BCUT2D eigenvalue weighted by Gasteiger charge is 2.54. The monoisotopic (exact) mass is 198 g/mol. The van der Waals surface area contributed by atoms with E-state index in [9.17, 15) is 15.0 Å². The fourth-order valence-electron chi connectivity index (χ4n) is 3.21. The first-order valence-corrected chi connectivity index (χ1v) is 5.49. The molecule has 0 radical (unpaired) electrons. The van der Waals surface area contributed by atoms with Gasteiger partial charge >= 0.3 is 0 Å². The summed E-state index contributed by atoms with van der Waals surface area (Å²) in [4.78, 5) is 11.2. The summed E-state index contributed by atoms with van der Waals surface area (Å²) in [5.41, 5.74) is -0.912. The lowest BCUT2D eigenvalue weighted by Crippen LogP contribution is -2.40. The number of hydrogen-bond donors (Lipinski definition) is 2. The van der Waals surface area contributed by atoms with Gasteiger partial charge in [0.05, 0.1) is 11.7 Å². The highest BCUT2D eigenvalue weighted by Crippen LogP contribution is 2.49. The first-order valence-electron chi connectivity index (χ1n) is 5.49. The Labute approximate surface area is 84.1 Å². The van der Waals surface area contributed by atoms with Crippen LogP contribution in [-0.2, 0) is 4.79 Å². The molecule has 0 heterocycles. The van der Waals surface area contributed by atoms with Gasteiger partial charge in [0.1, 0.15) is 5.78 Å². The summed E-state index contributed by atoms with van der Waals surface area (Å²) in [5, 5.41) is 20.2. The fraction of sp³-hybridized carbons (Fsp3) is 0.909. The number of carbonyl (C=O) groups excluding carboxylic acids is 1. The molecular formula is C11H18O3. The van der Waals surface area contributed by atoms with Gasteiger partial charge in [0.2, 0.25) is 0 Å². The lowest BCUT2D eigenvalue weighted by molar-refractivity contribution is -0.120. The van der Waals surface area contributed by atoms with Crippen LogP contribution in [0.25, 0.3) is 0 Å². The molecule has 80 valence electrons. The standard InChI is InChI=1S/C11H18O3/c1-2-3-11(14)6-7-4-8(12)5-9(7)10(11)13/h7,9-10,13-14H,2-6H2,1H3/t7-,9-,10+,11-/m0/s1. The summed E-state index contributed by atoms with van der Waals surface area (Å²) in [6, 6.07) is 0. The molecule has 0 amide bonds. The van der Waals surface area contributed by atoms with E-state index in [1.807, 2.05) is 6.92 Å². The van der Waals surface area contributed by atoms with Crippen molar-refractivity contribution in [1.82, 2.24) is 0 Å². The largest absolute Gasteiger partial charge is 0.390 e. The van der Waals surface area contributed by atoms with Crippen molar-refractivity contribution in [2.75, 3.05) is 0 Å². The Morgan fingerprint density at radius 1 is 1.50 bits per heavy atom. The Morgan fingerprint density at radius 3 is 2.79 bits per heavy atom. The molecule has 2 saturated carbocycles. The number of aliphatic hydroxyl groups excluding tert-OH is 1. The van der Waals surface area contributed by atoms with E-state index >= 15 is 0 Å². The average Bonchev–Trinajstić information content (AvgIpc) is 2.53. The van der Waals surface area contributed by atoms with E-state index in [1.54, 1.807) is 0 Å². The summed E-state index contributed by atoms with van der Waals surface area (Å²) >= 11 is 0. The van der Waals surface area contributed by atoms with Crippen LogP contribution in [0.5, 0.6) is 0 Å². The second-order valence-electron chi connectivity index (χ2n) is 4.87. The maximum atomic E-state index is 11.2. The van der Waals surface area contributed by atoms with E-state index in [4.69, 9.17) is 0 Å². The maximum Gasteiger partial charge on any atom is 0.133 e. The highest BCUT2D eigenvalue weighted by atomic mass is 16.3. The number of Topliss-reactive ketones (excluding diaryl/α,β-unsaturated/α-hetero) is 1. The lowest BCUT2D eigenvalue weighted by Gasteiger charge is -2.28. The maximum absolute atomic E-state index is 11.2. The number of fused-ring (bicyclic) bond motifs is 1. The third kappa shape index (κ3) is 1.39. The summed E-state index contributed by atoms with van der Waals surface area (Å²) in [7, 11) is 0. The molecule has 0 bridgehead atoms. The van der Waals surface area contributed by atoms with Crippen LogP contribution in [0.1, 0.15) is 39.0 Å². The van der Waals surface area contributed by atoms with Crippen molar-refractivity contribution >= 4 is 5.78 Å². The van der Waals surface area contributed by atoms with Crippen LogP contribution in [0.15, 0.2) is 0 Å². The summed E-state index contributed by atoms with van der Waals surface area (Å²) in [5.74, 6) is 0.505. The topological polar surface area (TPSA) is 57.5 Å². The number of ketones is 1. The quantitative estimate of drug-likeness (QED) is 0.692. The Morgan fingerprint density at radius 2 is 2.21 bits per heavy atom. The van der Waals surface area contributed by atoms with E-state index in [-0.39, 0.29) is 17.6 Å². The van der Waals surface area contributed by atoms with Gasteiger partial charge in [-0.15, -0.1) is 0 Å². The molecule has 3 heteroatoms. The molecule has 2 aliphatic carbocycles. The van der Waals surface area contributed by atoms with Crippen LogP contribution in [0, 0.1) is 11.8 Å². The number of rotatable bonds is 2. The fourth-order valence-corrected chi connectivity index (χ4v) is 3.21. The first kappa shape index (κ1) is 10.1. The van der Waals surface area contributed by atoms with Crippen LogP contribution in [0.4, 0.5) is 0 Å². The normalized spacial score (nSPS) is 47.1. The minimum Gasteiger partial charge on any atom is -0.390 e. The van der Waals surface area contributed by atoms with Crippen molar-refractivity contribution < 1.29 is 15.0 Å². The summed E-state index contributed by atoms with van der Waals surface area (Å²) in [6.07, 6.45) is 2.49. The summed E-state index contributed by atoms with van der Waals surface area (Å²) < 4.78 is 0. The van der Waals surface area contributed by atoms with Crippen molar-refractivity contribution in [2.24, 2.45) is 11.8 Å². The molecule has 0 spiro atoms. The van der Waals surface area contributed by atoms with Gasteiger partial charge in [-0.25, -0.2) is 0 Å². The molecule has 14 heavy (non-hydrogen) atoms. The third-order valence-corrected chi connectivity index (χ3v) is 3.81. The van der Waals surface area contributed by atoms with E-state index in [1.165, 1.54) is 0 Å². The molecule has 0 saturated heterocycles. The molecular weight excluding hydrogens is 180 g/mol. The molecule has 0 aromatic carbocycles. The highest BCUT2D eigenvalue weighted by molar-refractivity contribution is 5.81. The molecule has 2 rings (SSSR count). The van der Waals surface area contributed by atoms with Gasteiger partial charge in [-0.1, -0.05) is 13.3 Å². The summed E-state index contributed by atoms with van der Waals surface area (Å²) in [6.45, 7) is 2.00. The van der Waals surface area contributed by atoms with Gasteiger partial charge in [0.15, 0.2) is 0 Å². The second kappa shape index (κ2) is 3.31. The predicted octanol–water partition coefficient (Wildman–Crippen LogP) is 0.877. The minimum atomic E-state index is -0.912. The van der Waals surface area contributed by atoms with Crippen molar-refractivity contribution in [1.29, 1.82) is 0 Å². The predicted molar refractivity (Wildman–Crippen MR) is 51.7 cm³/mol. The van der Waals surface area contributed by atoms with Gasteiger partial charge in [-0.2, -0.15) is 0 Å². The van der Waals surface area contributed by atoms with Crippen LogP contribution < -0.4 is 0 Å². The van der Waals surface area contributed by atoms with Gasteiger partial charge in [0.25, 0.3) is 0 Å². The zero-order valence-corrected chi connectivity index (χ0v) is 8.57. The Bertz CT molecular complexity index is 251. The van der Waals surface area contributed by atoms with Crippen molar-refractivity contribution in [3.8, 4) is 0 Å². The van der Waals surface area contributed by atoms with Crippen molar-refractivity contribution in [3.63, 3.8) is 0 Å². The molecule has 3 nitrogen and oxygen atoms in total. The second-order valence-corrected chi connectivity index (χ2v) is 4.87. The molecule has 2 aliphatic rings. The molecule has 0 aromatic heterocycles. The van der Waals surface area contributed by atoms with Crippen molar-refractivity contribution in [3.05, 3.63) is 0 Å². The number of aliphatic hydroxyl groups is 2. The zero-order valence-electron chi connectivity index (χ0n) is 8.57. The van der Waals surface area contributed by atoms with Gasteiger partial charge < -0.3 is 10.2 Å². The Kier molecular flexibility index (Phi) is 2.40. The molecule has 0 unspecified atom stereocenters. The van der Waals surface area contributed by atoms with Crippen LogP contribution in [0.2, 0.25) is 0 Å². The molecule has 4 atom stereocenters. The van der Waals surface area contributed by atoms with Crippen LogP contribution in [0.3, 0.4) is 0 Å². The SMILES string of the molecule is CCC[C@]1(O)C[C@@H]2CC(=O)C[C@@H]2[C@H]1O. The smallest absolute Gasteiger partial charge is 0.133 e. The van der Waals surface area contributed by atoms with E-state index in [0.29, 0.717) is 25.7 Å². The Balaban J connectivity index is 2.11. The van der Waals surface area contributed by atoms with Gasteiger partial charge in [-0.3, -0.25) is 4.79 Å². The van der Waals surface area contributed by atoms with Crippen LogP contribution >= 0.6 is 0 Å². The van der Waals surface area contributed by atoms with Crippen molar-refractivity contribution in [2.45, 2.75) is 50.7 Å². The number of carbonyl (C=O) groups is 1. The van der Waals surface area contributed by atoms with E-state index < -0.39 is 11.7 Å². The number of hydrogen-bond acceptors (Lipinski definition) is 3. The molecule has 2 N–H and O–H groups in total.